The Hall–Kier alpha value is -3.51. The van der Waals surface area contributed by atoms with Crippen molar-refractivity contribution in [3.05, 3.63) is 74.8 Å². The molecule has 1 atom stereocenters. The number of thioether (sulfide) groups is 1. The summed E-state index contributed by atoms with van der Waals surface area (Å²) < 4.78 is 5.19. The van der Waals surface area contributed by atoms with Crippen LogP contribution in [-0.2, 0) is 4.79 Å². The van der Waals surface area contributed by atoms with E-state index in [4.69, 9.17) is 4.74 Å². The predicted molar refractivity (Wildman–Crippen MR) is 113 cm³/mol. The van der Waals surface area contributed by atoms with Crippen molar-refractivity contribution in [3.8, 4) is 11.8 Å². The number of non-ortho nitro benzene ring substituents is 1. The lowest BCUT2D eigenvalue weighted by Crippen LogP contribution is -2.47. The molecule has 0 radical (unpaired) electrons. The van der Waals surface area contributed by atoms with Gasteiger partial charge in [-0.15, -0.1) is 0 Å². The molecule has 30 heavy (non-hydrogen) atoms. The van der Waals surface area contributed by atoms with E-state index in [1.165, 1.54) is 23.9 Å². The molecule has 8 nitrogen and oxygen atoms in total. The van der Waals surface area contributed by atoms with Gasteiger partial charge in [0.1, 0.15) is 5.75 Å². The monoisotopic (exact) mass is 422 g/mol. The zero-order valence-electron chi connectivity index (χ0n) is 16.1. The van der Waals surface area contributed by atoms with Crippen molar-refractivity contribution in [2.45, 2.75) is 12.3 Å². The molecule has 152 valence electrons. The number of allylic oxidation sites excluding steroid dienone is 1. The first-order valence-corrected chi connectivity index (χ1v) is 10.2. The van der Waals surface area contributed by atoms with Crippen LogP contribution in [-0.4, -0.2) is 35.4 Å². The minimum atomic E-state index is -0.478. The summed E-state index contributed by atoms with van der Waals surface area (Å²) in [5, 5.41) is 21.6. The minimum Gasteiger partial charge on any atom is -0.497 e. The molecular weight excluding hydrogens is 404 g/mol. The van der Waals surface area contributed by atoms with E-state index in [2.05, 4.69) is 6.07 Å². The van der Waals surface area contributed by atoms with Crippen molar-refractivity contribution in [2.75, 3.05) is 24.6 Å². The molecule has 0 saturated carbocycles. The fraction of sp³-hybridized carbons (Fsp3) is 0.238. The summed E-state index contributed by atoms with van der Waals surface area (Å²) in [6.07, 6.45) is 0.102. The van der Waals surface area contributed by atoms with Crippen molar-refractivity contribution in [2.24, 2.45) is 0 Å². The molecule has 1 saturated heterocycles. The average molecular weight is 422 g/mol. The number of hydrogen-bond donors (Lipinski definition) is 0. The molecule has 2 aliphatic heterocycles. The summed E-state index contributed by atoms with van der Waals surface area (Å²) in [5.74, 6) is 0.752. The number of rotatable bonds is 4. The number of carbonyl (C=O) groups is 1. The predicted octanol–water partition coefficient (Wildman–Crippen LogP) is 3.82. The summed E-state index contributed by atoms with van der Waals surface area (Å²) >= 11 is 1.43. The molecule has 9 heteroatoms. The van der Waals surface area contributed by atoms with E-state index < -0.39 is 10.8 Å². The maximum atomic E-state index is 13.0. The van der Waals surface area contributed by atoms with Crippen LogP contribution in [0.25, 0.3) is 0 Å². The van der Waals surface area contributed by atoms with Gasteiger partial charge in [0.15, 0.2) is 0 Å². The second-order valence-electron chi connectivity index (χ2n) is 6.91. The van der Waals surface area contributed by atoms with E-state index in [1.54, 1.807) is 24.1 Å². The van der Waals surface area contributed by atoms with Crippen LogP contribution in [0, 0.1) is 21.4 Å². The van der Waals surface area contributed by atoms with Gasteiger partial charge in [0.25, 0.3) is 5.69 Å². The maximum absolute atomic E-state index is 13.0. The Bertz CT molecular complexity index is 1080. The summed E-state index contributed by atoms with van der Waals surface area (Å²) in [5.41, 5.74) is 2.00. The lowest BCUT2D eigenvalue weighted by molar-refractivity contribution is -0.384. The second-order valence-corrected chi connectivity index (χ2v) is 7.85. The van der Waals surface area contributed by atoms with Crippen molar-refractivity contribution >= 4 is 29.0 Å². The molecule has 0 aliphatic carbocycles. The standard InChI is InChI=1S/C21H18N4O4S/c1-29-17-7-5-15(6-8-17)23-12-24-20(26)10-18(19(11-22)21(24)30-13-23)14-3-2-4-16(9-14)25(27)28/h2-9,18H,10,12-13H2,1H3/t18-/m0/s1. The Morgan fingerprint density at radius 2 is 2.03 bits per heavy atom. The average Bonchev–Trinajstić information content (AvgIpc) is 2.79. The largest absolute Gasteiger partial charge is 0.497 e. The van der Waals surface area contributed by atoms with Gasteiger partial charge in [0, 0.05) is 30.2 Å². The number of carbonyl (C=O) groups excluding carboxylic acids is 1. The fourth-order valence-electron chi connectivity index (χ4n) is 3.66. The fourth-order valence-corrected chi connectivity index (χ4v) is 4.83. The number of benzene rings is 2. The molecule has 0 unspecified atom stereocenters. The number of nitro benzene ring substituents is 1. The van der Waals surface area contributed by atoms with Gasteiger partial charge in [-0.2, -0.15) is 5.26 Å². The molecule has 2 aromatic rings. The molecule has 4 rings (SSSR count). The van der Waals surface area contributed by atoms with Crippen LogP contribution in [0.15, 0.2) is 59.1 Å². The van der Waals surface area contributed by atoms with Crippen LogP contribution < -0.4 is 9.64 Å². The molecule has 2 heterocycles. The second kappa shape index (κ2) is 8.08. The molecular formula is C21H18N4O4S. The molecule has 1 fully saturated rings. The molecule has 0 spiro atoms. The number of ether oxygens (including phenoxy) is 1. The molecule has 2 aliphatic rings. The topological polar surface area (TPSA) is 99.7 Å². The van der Waals surface area contributed by atoms with Gasteiger partial charge in [-0.05, 0) is 29.8 Å². The Morgan fingerprint density at radius 1 is 1.27 bits per heavy atom. The number of nitro groups is 1. The number of fused-ring (bicyclic) bond motifs is 1. The van der Waals surface area contributed by atoms with E-state index in [9.17, 15) is 20.2 Å². The van der Waals surface area contributed by atoms with Crippen LogP contribution >= 0.6 is 11.8 Å². The maximum Gasteiger partial charge on any atom is 0.269 e. The van der Waals surface area contributed by atoms with Gasteiger partial charge in [-0.1, -0.05) is 23.9 Å². The Balaban J connectivity index is 1.64. The van der Waals surface area contributed by atoms with E-state index in [0.717, 1.165) is 11.4 Å². The van der Waals surface area contributed by atoms with E-state index in [1.807, 2.05) is 29.2 Å². The Labute approximate surface area is 177 Å². The lowest BCUT2D eigenvalue weighted by atomic mass is 9.86. The first kappa shape index (κ1) is 19.8. The number of anilines is 1. The van der Waals surface area contributed by atoms with Crippen molar-refractivity contribution in [3.63, 3.8) is 0 Å². The highest BCUT2D eigenvalue weighted by Crippen LogP contribution is 2.43. The smallest absolute Gasteiger partial charge is 0.269 e. The highest BCUT2D eigenvalue weighted by atomic mass is 32.2. The van der Waals surface area contributed by atoms with Crippen LogP contribution in [0.3, 0.4) is 0 Å². The number of nitriles is 1. The van der Waals surface area contributed by atoms with Crippen LogP contribution in [0.1, 0.15) is 17.9 Å². The normalized spacial score (nSPS) is 18.7. The van der Waals surface area contributed by atoms with Gasteiger partial charge in [0.05, 0.1) is 41.2 Å². The van der Waals surface area contributed by atoms with Crippen LogP contribution in [0.4, 0.5) is 11.4 Å². The van der Waals surface area contributed by atoms with Crippen LogP contribution in [0.5, 0.6) is 5.75 Å². The number of nitrogens with zero attached hydrogens (tertiary/aromatic N) is 4. The number of methoxy groups -OCH3 is 1. The van der Waals surface area contributed by atoms with E-state index in [-0.39, 0.29) is 18.0 Å². The first-order chi connectivity index (χ1) is 14.5. The third-order valence-electron chi connectivity index (χ3n) is 5.21. The Morgan fingerprint density at radius 3 is 2.70 bits per heavy atom. The Kier molecular flexibility index (Phi) is 5.33. The summed E-state index contributed by atoms with van der Waals surface area (Å²) in [6.45, 7) is 0.348. The van der Waals surface area contributed by atoms with Gasteiger partial charge in [-0.25, -0.2) is 0 Å². The number of hydrogen-bond acceptors (Lipinski definition) is 7. The van der Waals surface area contributed by atoms with Crippen LogP contribution in [0.2, 0.25) is 0 Å². The van der Waals surface area contributed by atoms with Crippen molar-refractivity contribution in [1.29, 1.82) is 5.26 Å². The van der Waals surface area contributed by atoms with Gasteiger partial charge >= 0.3 is 0 Å². The third kappa shape index (κ3) is 3.57. The molecule has 0 N–H and O–H groups in total. The summed E-state index contributed by atoms with van der Waals surface area (Å²) in [4.78, 5) is 27.3. The lowest BCUT2D eigenvalue weighted by Gasteiger charge is -2.42. The van der Waals surface area contributed by atoms with Gasteiger partial charge in [0.2, 0.25) is 5.91 Å². The van der Waals surface area contributed by atoms with E-state index in [0.29, 0.717) is 28.7 Å². The minimum absolute atomic E-state index is 0.0494. The molecule has 0 bridgehead atoms. The SMILES string of the molecule is COc1ccc(N2CSC3=C(C#N)[C@H](c4cccc([N+](=O)[O-])c4)CC(=O)N3C2)cc1. The van der Waals surface area contributed by atoms with Crippen molar-refractivity contribution in [1.82, 2.24) is 4.90 Å². The summed E-state index contributed by atoms with van der Waals surface area (Å²) in [6, 6.07) is 16.0. The highest BCUT2D eigenvalue weighted by molar-refractivity contribution is 8.03. The highest BCUT2D eigenvalue weighted by Gasteiger charge is 2.38. The van der Waals surface area contributed by atoms with Crippen molar-refractivity contribution < 1.29 is 14.5 Å². The molecule has 1 amide bonds. The first-order valence-electron chi connectivity index (χ1n) is 9.22. The third-order valence-corrected chi connectivity index (χ3v) is 6.37. The molecule has 0 aromatic heterocycles. The zero-order valence-corrected chi connectivity index (χ0v) is 17.0. The van der Waals surface area contributed by atoms with Gasteiger partial charge < -0.3 is 9.64 Å². The quantitative estimate of drug-likeness (QED) is 0.545. The van der Waals surface area contributed by atoms with E-state index >= 15 is 0 Å². The number of amides is 1. The van der Waals surface area contributed by atoms with Gasteiger partial charge in [-0.3, -0.25) is 19.8 Å². The summed E-state index contributed by atoms with van der Waals surface area (Å²) in [7, 11) is 1.61. The molecule has 2 aromatic carbocycles. The zero-order chi connectivity index (χ0) is 21.3.